The highest BCUT2D eigenvalue weighted by Gasteiger charge is 2.09. The summed E-state index contributed by atoms with van der Waals surface area (Å²) in [6.45, 7) is 0. The van der Waals surface area contributed by atoms with Gasteiger partial charge in [0.1, 0.15) is 6.42 Å². The summed E-state index contributed by atoms with van der Waals surface area (Å²) in [5.74, 6) is 2.46. The van der Waals surface area contributed by atoms with Crippen LogP contribution in [-0.4, -0.2) is 55.6 Å². The maximum Gasteiger partial charge on any atom is 0.384 e. The lowest BCUT2D eigenvalue weighted by atomic mass is 10.4. The van der Waals surface area contributed by atoms with Crippen LogP contribution in [0, 0.1) is 11.8 Å². The third-order valence-corrected chi connectivity index (χ3v) is 1.86. The highest BCUT2D eigenvalue weighted by Crippen LogP contribution is 1.93. The summed E-state index contributed by atoms with van der Waals surface area (Å²) in [5.41, 5.74) is 5.00. The van der Waals surface area contributed by atoms with Crippen molar-refractivity contribution < 1.29 is 43.1 Å². The average Bonchev–Trinajstić information content (AvgIpc) is 3.08. The zero-order valence-electron chi connectivity index (χ0n) is 14.0. The molecule has 1 aromatic rings. The minimum Gasteiger partial charge on any atom is -0.468 e. The predicted octanol–water partition coefficient (Wildman–Crippen LogP) is -1.48. The first-order chi connectivity index (χ1) is 12.2. The van der Waals surface area contributed by atoms with E-state index < -0.39 is 29.5 Å². The lowest BCUT2D eigenvalue weighted by Crippen LogP contribution is -2.25. The number of nitrogens with one attached hydrogen (secondary N) is 2. The maximum atomic E-state index is 10.6. The molecule has 26 heavy (non-hydrogen) atoms. The van der Waals surface area contributed by atoms with Crippen LogP contribution in [0.15, 0.2) is 15.4 Å². The van der Waals surface area contributed by atoms with Gasteiger partial charge < -0.3 is 24.5 Å². The van der Waals surface area contributed by atoms with Crippen LogP contribution >= 0.6 is 0 Å². The van der Waals surface area contributed by atoms with E-state index in [-0.39, 0.29) is 12.2 Å². The van der Waals surface area contributed by atoms with Crippen molar-refractivity contribution >= 4 is 23.9 Å². The molecular formula is C13H17N3O10. The number of carbonyl (C=O) groups excluding carboxylic acids is 4. The minimum absolute atomic E-state index is 0.0917. The highest BCUT2D eigenvalue weighted by atomic mass is 16.6. The number of nitrogens with two attached hydrogens (primary N) is 1. The van der Waals surface area contributed by atoms with Gasteiger partial charge in [-0.05, 0) is 0 Å². The molecule has 0 saturated heterocycles. The van der Waals surface area contributed by atoms with Crippen LogP contribution in [-0.2, 0) is 23.8 Å². The molecule has 0 unspecified atom stereocenters. The minimum atomic E-state index is -0.940. The number of methoxy groups -OCH3 is 3. The summed E-state index contributed by atoms with van der Waals surface area (Å²) in [5, 5.41) is 9.37. The number of urea groups is 1. The predicted molar refractivity (Wildman–Crippen MR) is 81.6 cm³/mol. The Hall–Kier alpha value is -3.79. The van der Waals surface area contributed by atoms with E-state index in [9.17, 15) is 24.0 Å². The fourth-order valence-corrected chi connectivity index (χ4v) is 0.796. The summed E-state index contributed by atoms with van der Waals surface area (Å²) < 4.78 is 17.1. The van der Waals surface area contributed by atoms with E-state index in [4.69, 9.17) is 5.21 Å². The van der Waals surface area contributed by atoms with Crippen molar-refractivity contribution in [1.29, 1.82) is 0 Å². The van der Waals surface area contributed by atoms with Crippen molar-refractivity contribution in [2.45, 2.75) is 6.42 Å². The SMILES string of the molecule is COC(=O)C#CCC(=O)OC.COC(=O)c1cc(=O)[nH]o1.NC(=O)NO. The maximum absolute atomic E-state index is 10.6. The van der Waals surface area contributed by atoms with E-state index >= 15 is 0 Å². The van der Waals surface area contributed by atoms with Crippen molar-refractivity contribution in [3.63, 3.8) is 0 Å². The molecule has 0 bridgehead atoms. The molecule has 0 spiro atoms. The molecule has 0 aliphatic carbocycles. The van der Waals surface area contributed by atoms with Crippen LogP contribution in [0.1, 0.15) is 17.0 Å². The van der Waals surface area contributed by atoms with Crippen molar-refractivity contribution in [2.24, 2.45) is 5.73 Å². The first kappa shape index (κ1) is 24.5. The Morgan fingerprint density at radius 1 is 1.23 bits per heavy atom. The third kappa shape index (κ3) is 13.8. The number of hydrogen-bond donors (Lipinski definition) is 4. The van der Waals surface area contributed by atoms with Gasteiger partial charge in [0.15, 0.2) is 0 Å². The number of ether oxygens (including phenoxy) is 3. The van der Waals surface area contributed by atoms with Crippen molar-refractivity contribution in [3.8, 4) is 11.8 Å². The van der Waals surface area contributed by atoms with Gasteiger partial charge in [0, 0.05) is 5.92 Å². The number of aromatic amines is 1. The quantitative estimate of drug-likeness (QED) is 0.118. The lowest BCUT2D eigenvalue weighted by molar-refractivity contribution is -0.139. The van der Waals surface area contributed by atoms with Gasteiger partial charge in [-0.15, -0.1) is 0 Å². The summed E-state index contributed by atoms with van der Waals surface area (Å²) in [7, 11) is 3.67. The second kappa shape index (κ2) is 14.8. The first-order valence-corrected chi connectivity index (χ1v) is 6.31. The smallest absolute Gasteiger partial charge is 0.384 e. The number of carbonyl (C=O) groups is 4. The molecule has 2 amide bonds. The number of hydroxylamine groups is 1. The third-order valence-electron chi connectivity index (χ3n) is 1.86. The van der Waals surface area contributed by atoms with Gasteiger partial charge in [0.2, 0.25) is 5.76 Å². The molecular weight excluding hydrogens is 358 g/mol. The van der Waals surface area contributed by atoms with E-state index in [0.717, 1.165) is 6.07 Å². The molecule has 0 atom stereocenters. The van der Waals surface area contributed by atoms with Crippen molar-refractivity contribution in [2.75, 3.05) is 21.3 Å². The standard InChI is InChI=1S/C7H8O4.C5H5NO4.CH4N2O2/c1-10-6(8)4-3-5-7(9)11-2;1-9-5(8)3-2-4(7)6-10-3;2-1(4)3-5/h4H2,1-2H3;2H,1H3,(H,6,7);5H,(H3,2,3,4). The Bertz CT molecular complexity index is 709. The molecule has 0 saturated carbocycles. The van der Waals surface area contributed by atoms with Crippen LogP contribution in [0.25, 0.3) is 0 Å². The summed E-state index contributed by atoms with van der Waals surface area (Å²) >= 11 is 0. The number of primary amides is 1. The number of H-pyrrole nitrogens is 1. The summed E-state index contributed by atoms with van der Waals surface area (Å²) in [6.07, 6.45) is -0.0917. The van der Waals surface area contributed by atoms with Gasteiger partial charge in [0.25, 0.3) is 5.56 Å². The monoisotopic (exact) mass is 375 g/mol. The molecule has 1 aromatic heterocycles. The van der Waals surface area contributed by atoms with Crippen LogP contribution in [0.4, 0.5) is 4.79 Å². The molecule has 1 rings (SSSR count). The van der Waals surface area contributed by atoms with Crippen LogP contribution in [0.3, 0.4) is 0 Å². The van der Waals surface area contributed by atoms with Gasteiger partial charge in [-0.25, -0.2) is 19.9 Å². The zero-order chi connectivity index (χ0) is 20.5. The Balaban J connectivity index is 0. The Morgan fingerprint density at radius 2 is 1.81 bits per heavy atom. The van der Waals surface area contributed by atoms with Crippen molar-refractivity contribution in [3.05, 3.63) is 22.2 Å². The van der Waals surface area contributed by atoms with Crippen molar-refractivity contribution in [1.82, 2.24) is 10.6 Å². The zero-order valence-corrected chi connectivity index (χ0v) is 14.0. The molecule has 0 fully saturated rings. The Labute approximate surface area is 146 Å². The van der Waals surface area contributed by atoms with Gasteiger partial charge in [0.05, 0.1) is 27.4 Å². The second-order valence-electron chi connectivity index (χ2n) is 3.59. The molecule has 0 aromatic carbocycles. The normalized spacial score (nSPS) is 8.00. The highest BCUT2D eigenvalue weighted by molar-refractivity contribution is 5.89. The van der Waals surface area contributed by atoms with E-state index in [1.165, 1.54) is 26.8 Å². The van der Waals surface area contributed by atoms with Gasteiger partial charge in [-0.2, -0.15) is 5.16 Å². The van der Waals surface area contributed by atoms with Crippen LogP contribution < -0.4 is 16.8 Å². The van der Waals surface area contributed by atoms with Gasteiger partial charge in [-0.1, -0.05) is 5.92 Å². The number of aromatic nitrogens is 1. The van der Waals surface area contributed by atoms with Crippen LogP contribution in [0.5, 0.6) is 0 Å². The van der Waals surface area contributed by atoms with E-state index in [1.807, 2.05) is 5.16 Å². The second-order valence-corrected chi connectivity index (χ2v) is 3.59. The molecule has 13 nitrogen and oxygen atoms in total. The molecule has 0 aliphatic rings. The molecule has 0 radical (unpaired) electrons. The van der Waals surface area contributed by atoms with E-state index in [0.29, 0.717) is 0 Å². The van der Waals surface area contributed by atoms with Crippen LogP contribution in [0.2, 0.25) is 0 Å². The topological polar surface area (TPSA) is 200 Å². The summed E-state index contributed by atoms with van der Waals surface area (Å²) in [6, 6.07) is 0.0799. The number of rotatable bonds is 2. The fourth-order valence-electron chi connectivity index (χ4n) is 0.796. The molecule has 13 heteroatoms. The summed E-state index contributed by atoms with van der Waals surface area (Å²) in [4.78, 5) is 50.9. The lowest BCUT2D eigenvalue weighted by Gasteiger charge is -1.88. The molecule has 144 valence electrons. The number of amides is 2. The first-order valence-electron chi connectivity index (χ1n) is 6.31. The number of hydrogen-bond acceptors (Lipinski definition) is 10. The largest absolute Gasteiger partial charge is 0.468 e. The molecule has 1 heterocycles. The molecule has 0 aliphatic heterocycles. The number of esters is 3. The van der Waals surface area contributed by atoms with E-state index in [1.54, 1.807) is 0 Å². The van der Waals surface area contributed by atoms with E-state index in [2.05, 4.69) is 36.3 Å². The Morgan fingerprint density at radius 3 is 2.15 bits per heavy atom. The molecule has 5 N–H and O–H groups in total. The fraction of sp³-hybridized carbons (Fsp3) is 0.308. The Kier molecular flexibility index (Phi) is 13.9. The van der Waals surface area contributed by atoms with Gasteiger partial charge >= 0.3 is 23.9 Å². The van der Waals surface area contributed by atoms with Gasteiger partial charge in [-0.3, -0.25) is 14.8 Å². The average molecular weight is 375 g/mol.